The number of ether oxygens (including phenoxy) is 1. The summed E-state index contributed by atoms with van der Waals surface area (Å²) in [6.45, 7) is 7.42. The average molecular weight is 280 g/mol. The first-order valence-corrected chi connectivity index (χ1v) is 7.11. The van der Waals surface area contributed by atoms with Crippen molar-refractivity contribution in [3.05, 3.63) is 22.3 Å². The van der Waals surface area contributed by atoms with Crippen LogP contribution in [0.4, 0.5) is 0 Å². The summed E-state index contributed by atoms with van der Waals surface area (Å²) in [7, 11) is 0. The average Bonchev–Trinajstić information content (AvgIpc) is 2.74. The van der Waals surface area contributed by atoms with Crippen LogP contribution in [0.1, 0.15) is 48.4 Å². The predicted molar refractivity (Wildman–Crippen MR) is 77.0 cm³/mol. The Morgan fingerprint density at radius 3 is 2.25 bits per heavy atom. The molecule has 0 bridgehead atoms. The van der Waals surface area contributed by atoms with E-state index in [0.717, 1.165) is 28.7 Å². The van der Waals surface area contributed by atoms with Crippen LogP contribution in [0.25, 0.3) is 0 Å². The van der Waals surface area contributed by atoms with Crippen LogP contribution in [0.3, 0.4) is 0 Å². The normalized spacial score (nSPS) is 26.1. The van der Waals surface area contributed by atoms with Crippen LogP contribution in [0, 0.1) is 20.8 Å². The number of phenols is 2. The molecule has 2 rings (SSSR count). The Hall–Kier alpha value is -1.26. The summed E-state index contributed by atoms with van der Waals surface area (Å²) >= 11 is 0. The SMILES string of the molecule is Cc1c(C)c(O)c(CCC2(C)CCC(O)O2)c(C)c1O. The second-order valence-electron chi connectivity index (χ2n) is 6.11. The van der Waals surface area contributed by atoms with E-state index in [0.29, 0.717) is 19.3 Å². The molecule has 0 saturated carbocycles. The molecule has 2 atom stereocenters. The first-order chi connectivity index (χ1) is 9.25. The van der Waals surface area contributed by atoms with Gasteiger partial charge in [-0.2, -0.15) is 0 Å². The lowest BCUT2D eigenvalue weighted by molar-refractivity contribution is -0.132. The van der Waals surface area contributed by atoms with Gasteiger partial charge in [0.1, 0.15) is 11.5 Å². The van der Waals surface area contributed by atoms with Gasteiger partial charge in [-0.25, -0.2) is 0 Å². The zero-order valence-corrected chi connectivity index (χ0v) is 12.7. The van der Waals surface area contributed by atoms with E-state index < -0.39 is 6.29 Å². The first kappa shape index (κ1) is 15.1. The van der Waals surface area contributed by atoms with Crippen molar-refractivity contribution in [1.29, 1.82) is 0 Å². The van der Waals surface area contributed by atoms with E-state index in [1.807, 2.05) is 20.8 Å². The highest BCUT2D eigenvalue weighted by Gasteiger charge is 2.35. The molecule has 1 aromatic rings. The standard InChI is InChI=1S/C16H24O4/c1-9-10(2)15(19)12(11(3)14(9)18)5-7-16(4)8-6-13(17)20-16/h13,17-19H,5-8H2,1-4H3. The molecule has 0 amide bonds. The second kappa shape index (κ2) is 5.26. The molecule has 2 unspecified atom stereocenters. The van der Waals surface area contributed by atoms with Crippen molar-refractivity contribution < 1.29 is 20.1 Å². The van der Waals surface area contributed by atoms with Crippen LogP contribution in [0.5, 0.6) is 11.5 Å². The monoisotopic (exact) mass is 280 g/mol. The zero-order chi connectivity index (χ0) is 15.1. The topological polar surface area (TPSA) is 69.9 Å². The third-order valence-corrected chi connectivity index (χ3v) is 4.61. The molecule has 1 heterocycles. The fraction of sp³-hybridized carbons (Fsp3) is 0.625. The van der Waals surface area contributed by atoms with Crippen molar-refractivity contribution >= 4 is 0 Å². The molecular formula is C16H24O4. The first-order valence-electron chi connectivity index (χ1n) is 7.11. The summed E-state index contributed by atoms with van der Waals surface area (Å²) in [5, 5.41) is 29.9. The molecule has 0 aliphatic carbocycles. The van der Waals surface area contributed by atoms with Gasteiger partial charge in [-0.15, -0.1) is 0 Å². The zero-order valence-electron chi connectivity index (χ0n) is 12.7. The Bertz CT molecular complexity index is 495. The molecule has 1 aliphatic heterocycles. The van der Waals surface area contributed by atoms with E-state index >= 15 is 0 Å². The van der Waals surface area contributed by atoms with E-state index in [1.54, 1.807) is 6.92 Å². The molecule has 0 radical (unpaired) electrons. The number of phenolic OH excluding ortho intramolecular Hbond substituents is 2. The second-order valence-corrected chi connectivity index (χ2v) is 6.11. The van der Waals surface area contributed by atoms with Crippen molar-refractivity contribution in [2.75, 3.05) is 0 Å². The largest absolute Gasteiger partial charge is 0.507 e. The summed E-state index contributed by atoms with van der Waals surface area (Å²) in [5.74, 6) is 0.521. The van der Waals surface area contributed by atoms with Gasteiger partial charge in [0.25, 0.3) is 0 Å². The third kappa shape index (κ3) is 2.63. The Labute approximate surface area is 120 Å². The van der Waals surface area contributed by atoms with Crippen LogP contribution in [0.2, 0.25) is 0 Å². The van der Waals surface area contributed by atoms with E-state index in [9.17, 15) is 15.3 Å². The van der Waals surface area contributed by atoms with E-state index in [2.05, 4.69) is 0 Å². The number of aromatic hydroxyl groups is 2. The van der Waals surface area contributed by atoms with Crippen LogP contribution >= 0.6 is 0 Å². The minimum Gasteiger partial charge on any atom is -0.507 e. The lowest BCUT2D eigenvalue weighted by Crippen LogP contribution is -2.25. The number of benzene rings is 1. The van der Waals surface area contributed by atoms with Crippen molar-refractivity contribution in [1.82, 2.24) is 0 Å². The Morgan fingerprint density at radius 2 is 1.70 bits per heavy atom. The quantitative estimate of drug-likeness (QED) is 0.745. The van der Waals surface area contributed by atoms with Crippen molar-refractivity contribution in [2.45, 2.75) is 65.3 Å². The van der Waals surface area contributed by atoms with Gasteiger partial charge in [0.05, 0.1) is 5.60 Å². The Balaban J connectivity index is 2.22. The van der Waals surface area contributed by atoms with Crippen molar-refractivity contribution in [3.63, 3.8) is 0 Å². The van der Waals surface area contributed by atoms with E-state index in [-0.39, 0.29) is 17.1 Å². The number of hydrogen-bond acceptors (Lipinski definition) is 4. The maximum atomic E-state index is 10.3. The molecule has 4 nitrogen and oxygen atoms in total. The van der Waals surface area contributed by atoms with Gasteiger partial charge >= 0.3 is 0 Å². The Kier molecular flexibility index (Phi) is 3.98. The molecule has 1 aromatic carbocycles. The molecule has 0 spiro atoms. The summed E-state index contributed by atoms with van der Waals surface area (Å²) in [4.78, 5) is 0. The van der Waals surface area contributed by atoms with Crippen LogP contribution in [-0.2, 0) is 11.2 Å². The number of aliphatic hydroxyl groups is 1. The minimum absolute atomic E-state index is 0.257. The van der Waals surface area contributed by atoms with Crippen molar-refractivity contribution in [3.8, 4) is 11.5 Å². The third-order valence-electron chi connectivity index (χ3n) is 4.61. The molecule has 1 fully saturated rings. The van der Waals surface area contributed by atoms with Crippen LogP contribution in [-0.4, -0.2) is 27.2 Å². The number of aliphatic hydroxyl groups excluding tert-OH is 1. The molecule has 3 N–H and O–H groups in total. The van der Waals surface area contributed by atoms with Gasteiger partial charge in [-0.05, 0) is 63.6 Å². The lowest BCUT2D eigenvalue weighted by atomic mass is 9.89. The molecular weight excluding hydrogens is 256 g/mol. The van der Waals surface area contributed by atoms with E-state index in [4.69, 9.17) is 4.74 Å². The van der Waals surface area contributed by atoms with Gasteiger partial charge in [-0.3, -0.25) is 0 Å². The molecule has 1 aliphatic rings. The molecule has 4 heteroatoms. The highest BCUT2D eigenvalue weighted by Crippen LogP contribution is 2.39. The fourth-order valence-corrected chi connectivity index (χ4v) is 2.94. The molecule has 112 valence electrons. The lowest BCUT2D eigenvalue weighted by Gasteiger charge is -2.25. The van der Waals surface area contributed by atoms with Gasteiger partial charge in [-0.1, -0.05) is 0 Å². The van der Waals surface area contributed by atoms with E-state index in [1.165, 1.54) is 0 Å². The van der Waals surface area contributed by atoms with Gasteiger partial charge < -0.3 is 20.1 Å². The maximum absolute atomic E-state index is 10.3. The highest BCUT2D eigenvalue weighted by molar-refractivity contribution is 5.56. The number of hydrogen-bond donors (Lipinski definition) is 3. The van der Waals surface area contributed by atoms with Crippen LogP contribution < -0.4 is 0 Å². The van der Waals surface area contributed by atoms with Gasteiger partial charge in [0, 0.05) is 12.0 Å². The van der Waals surface area contributed by atoms with Gasteiger partial charge in [0.15, 0.2) is 6.29 Å². The maximum Gasteiger partial charge on any atom is 0.155 e. The summed E-state index contributed by atoms with van der Waals surface area (Å²) in [6, 6.07) is 0. The number of rotatable bonds is 3. The van der Waals surface area contributed by atoms with Crippen molar-refractivity contribution in [2.24, 2.45) is 0 Å². The highest BCUT2D eigenvalue weighted by atomic mass is 16.6. The molecule has 0 aromatic heterocycles. The van der Waals surface area contributed by atoms with Crippen LogP contribution in [0.15, 0.2) is 0 Å². The molecule has 1 saturated heterocycles. The fourth-order valence-electron chi connectivity index (χ4n) is 2.94. The summed E-state index contributed by atoms with van der Waals surface area (Å²) in [6.07, 6.45) is 2.11. The Morgan fingerprint density at radius 1 is 1.10 bits per heavy atom. The minimum atomic E-state index is -0.678. The van der Waals surface area contributed by atoms with Gasteiger partial charge in [0.2, 0.25) is 0 Å². The predicted octanol–water partition coefficient (Wildman–Crippen LogP) is 2.84. The summed E-state index contributed by atoms with van der Waals surface area (Å²) in [5.41, 5.74) is 2.60. The molecule has 20 heavy (non-hydrogen) atoms. The summed E-state index contributed by atoms with van der Waals surface area (Å²) < 4.78 is 5.55. The smallest absolute Gasteiger partial charge is 0.155 e.